The van der Waals surface area contributed by atoms with E-state index in [-0.39, 0.29) is 12.5 Å². The minimum atomic E-state index is -0.406. The maximum absolute atomic E-state index is 11.3. The standard InChI is InChI=1S/C19H17ClIN3O3/c20-14-3-1-2-13(9-14)17-10-16(27-24-17)11-26-15-6-4-12(5-7-15)8-18(23-21)19(22)25/h1-7,9-10,18,23H,8,11H2,(H2,22,25)/t18-/m0/s1. The molecule has 0 saturated carbocycles. The molecule has 1 aromatic heterocycles. The van der Waals surface area contributed by atoms with E-state index >= 15 is 0 Å². The molecule has 27 heavy (non-hydrogen) atoms. The number of nitrogens with one attached hydrogen (secondary N) is 1. The molecule has 0 aliphatic heterocycles. The second-order valence-corrected chi connectivity index (χ2v) is 6.95. The molecule has 2 aromatic carbocycles. The molecule has 1 atom stereocenters. The maximum Gasteiger partial charge on any atom is 0.235 e. The predicted octanol–water partition coefficient (Wildman–Crippen LogP) is 3.91. The number of primary amides is 1. The van der Waals surface area contributed by atoms with Gasteiger partial charge >= 0.3 is 0 Å². The number of hydrogen-bond donors (Lipinski definition) is 2. The Balaban J connectivity index is 1.58. The van der Waals surface area contributed by atoms with Gasteiger partial charge < -0.3 is 15.0 Å². The molecule has 0 radical (unpaired) electrons. The van der Waals surface area contributed by atoms with Crippen molar-refractivity contribution >= 4 is 40.4 Å². The third-order valence-electron chi connectivity index (χ3n) is 3.90. The second-order valence-electron chi connectivity index (χ2n) is 5.89. The number of benzene rings is 2. The molecule has 0 bridgehead atoms. The molecule has 3 N–H and O–H groups in total. The van der Waals surface area contributed by atoms with E-state index in [9.17, 15) is 4.79 Å². The molecule has 140 valence electrons. The first-order chi connectivity index (χ1) is 13.0. The van der Waals surface area contributed by atoms with Crippen molar-refractivity contribution in [3.63, 3.8) is 0 Å². The van der Waals surface area contributed by atoms with Gasteiger partial charge in [0.05, 0.1) is 6.04 Å². The fourth-order valence-electron chi connectivity index (χ4n) is 2.47. The van der Waals surface area contributed by atoms with Crippen LogP contribution in [0.2, 0.25) is 5.02 Å². The molecule has 3 rings (SSSR count). The summed E-state index contributed by atoms with van der Waals surface area (Å²) in [4.78, 5) is 11.3. The van der Waals surface area contributed by atoms with Crippen LogP contribution >= 0.6 is 34.5 Å². The first kappa shape index (κ1) is 19.7. The molecular weight excluding hydrogens is 481 g/mol. The summed E-state index contributed by atoms with van der Waals surface area (Å²) in [5.41, 5.74) is 7.91. The fraction of sp³-hybridized carbons (Fsp3) is 0.158. The molecule has 1 heterocycles. The molecular formula is C19H17ClIN3O3. The molecule has 0 unspecified atom stereocenters. The summed E-state index contributed by atoms with van der Waals surface area (Å²) in [6, 6.07) is 16.3. The molecule has 3 aromatic rings. The van der Waals surface area contributed by atoms with Gasteiger partial charge in [0.15, 0.2) is 5.76 Å². The van der Waals surface area contributed by atoms with Crippen LogP contribution in [0.5, 0.6) is 5.75 Å². The van der Waals surface area contributed by atoms with Gasteiger partial charge in [-0.25, -0.2) is 3.53 Å². The van der Waals surface area contributed by atoms with E-state index in [1.54, 1.807) is 6.07 Å². The monoisotopic (exact) mass is 497 g/mol. The van der Waals surface area contributed by atoms with Crippen molar-refractivity contribution in [1.29, 1.82) is 0 Å². The Hall–Kier alpha value is -2.10. The Morgan fingerprint density at radius 2 is 2.04 bits per heavy atom. The van der Waals surface area contributed by atoms with E-state index < -0.39 is 6.04 Å². The lowest BCUT2D eigenvalue weighted by molar-refractivity contribution is -0.119. The third kappa shape index (κ3) is 5.44. The van der Waals surface area contributed by atoms with Gasteiger partial charge in [0.2, 0.25) is 5.91 Å². The molecule has 0 saturated heterocycles. The minimum absolute atomic E-state index is 0.256. The van der Waals surface area contributed by atoms with E-state index in [1.807, 2.05) is 71.4 Å². The number of carbonyl (C=O) groups is 1. The van der Waals surface area contributed by atoms with Crippen LogP contribution in [0.15, 0.2) is 59.1 Å². The molecule has 0 aliphatic rings. The first-order valence-corrected chi connectivity index (χ1v) is 9.59. The van der Waals surface area contributed by atoms with Crippen molar-refractivity contribution in [2.24, 2.45) is 5.73 Å². The van der Waals surface area contributed by atoms with Gasteiger partial charge in [0.1, 0.15) is 18.1 Å². The molecule has 0 spiro atoms. The lowest BCUT2D eigenvalue weighted by atomic mass is 10.1. The molecule has 1 amide bonds. The largest absolute Gasteiger partial charge is 0.486 e. The SMILES string of the molecule is NC(=O)[C@H](Cc1ccc(OCc2cc(-c3cccc(Cl)c3)no2)cc1)NI. The van der Waals surface area contributed by atoms with Crippen molar-refractivity contribution in [2.75, 3.05) is 0 Å². The number of nitrogens with zero attached hydrogens (tertiary/aromatic N) is 1. The molecule has 0 fully saturated rings. The number of carbonyl (C=O) groups excluding carboxylic acids is 1. The summed E-state index contributed by atoms with van der Waals surface area (Å²) in [5, 5.41) is 4.69. The Morgan fingerprint density at radius 3 is 2.70 bits per heavy atom. The van der Waals surface area contributed by atoms with Crippen LogP contribution in [0.3, 0.4) is 0 Å². The first-order valence-electron chi connectivity index (χ1n) is 8.14. The van der Waals surface area contributed by atoms with Gasteiger partial charge in [-0.2, -0.15) is 0 Å². The Bertz CT molecular complexity index is 915. The number of ether oxygens (including phenoxy) is 1. The highest BCUT2D eigenvalue weighted by molar-refractivity contribution is 14.1. The van der Waals surface area contributed by atoms with E-state index in [0.29, 0.717) is 28.6 Å². The second kappa shape index (κ2) is 9.20. The zero-order valence-electron chi connectivity index (χ0n) is 14.2. The van der Waals surface area contributed by atoms with Crippen LogP contribution < -0.4 is 14.0 Å². The van der Waals surface area contributed by atoms with Crippen LogP contribution in [0.1, 0.15) is 11.3 Å². The predicted molar refractivity (Wildman–Crippen MR) is 112 cm³/mol. The van der Waals surface area contributed by atoms with Crippen LogP contribution in [0.25, 0.3) is 11.3 Å². The van der Waals surface area contributed by atoms with Gasteiger partial charge in [0, 0.05) is 39.5 Å². The quantitative estimate of drug-likeness (QED) is 0.364. The zero-order valence-corrected chi connectivity index (χ0v) is 17.1. The average Bonchev–Trinajstić information content (AvgIpc) is 3.14. The van der Waals surface area contributed by atoms with Crippen molar-refractivity contribution < 1.29 is 14.1 Å². The van der Waals surface area contributed by atoms with Gasteiger partial charge in [-0.3, -0.25) is 4.79 Å². The van der Waals surface area contributed by atoms with E-state index in [2.05, 4.69) is 8.69 Å². The van der Waals surface area contributed by atoms with Gasteiger partial charge in [-0.05, 0) is 36.2 Å². The van der Waals surface area contributed by atoms with Crippen molar-refractivity contribution in [3.8, 4) is 17.0 Å². The van der Waals surface area contributed by atoms with Crippen molar-refractivity contribution in [2.45, 2.75) is 19.1 Å². The number of amides is 1. The Morgan fingerprint density at radius 1 is 1.26 bits per heavy atom. The van der Waals surface area contributed by atoms with Crippen molar-refractivity contribution in [1.82, 2.24) is 8.69 Å². The highest BCUT2D eigenvalue weighted by Crippen LogP contribution is 2.23. The Labute approximate surface area is 175 Å². The van der Waals surface area contributed by atoms with Gasteiger partial charge in [0.25, 0.3) is 0 Å². The number of aromatic nitrogens is 1. The molecule has 8 heteroatoms. The maximum atomic E-state index is 11.3. The van der Waals surface area contributed by atoms with Gasteiger partial charge in [-0.1, -0.05) is 41.0 Å². The molecule has 0 aliphatic carbocycles. The fourth-order valence-corrected chi connectivity index (χ4v) is 3.19. The van der Waals surface area contributed by atoms with Crippen LogP contribution in [-0.2, 0) is 17.8 Å². The lowest BCUT2D eigenvalue weighted by Gasteiger charge is -2.11. The summed E-state index contributed by atoms with van der Waals surface area (Å²) in [6.45, 7) is 0.256. The van der Waals surface area contributed by atoms with Crippen LogP contribution in [0, 0.1) is 0 Å². The van der Waals surface area contributed by atoms with Gasteiger partial charge in [-0.15, -0.1) is 0 Å². The average molecular weight is 498 g/mol. The van der Waals surface area contributed by atoms with Crippen LogP contribution in [-0.4, -0.2) is 17.1 Å². The Kier molecular flexibility index (Phi) is 6.70. The van der Waals surface area contributed by atoms with Crippen molar-refractivity contribution in [3.05, 3.63) is 70.9 Å². The topological polar surface area (TPSA) is 90.4 Å². The highest BCUT2D eigenvalue weighted by atomic mass is 127. The normalized spacial score (nSPS) is 11.9. The van der Waals surface area contributed by atoms with E-state index in [0.717, 1.165) is 11.1 Å². The molecule has 6 nitrogen and oxygen atoms in total. The number of hydrogen-bond acceptors (Lipinski definition) is 5. The number of halogens is 2. The highest BCUT2D eigenvalue weighted by Gasteiger charge is 2.14. The third-order valence-corrected chi connectivity index (χ3v) is 4.89. The van der Waals surface area contributed by atoms with E-state index in [4.69, 9.17) is 26.6 Å². The summed E-state index contributed by atoms with van der Waals surface area (Å²) >= 11 is 7.93. The van der Waals surface area contributed by atoms with Crippen LogP contribution in [0.4, 0.5) is 0 Å². The lowest BCUT2D eigenvalue weighted by Crippen LogP contribution is -2.38. The summed E-state index contributed by atoms with van der Waals surface area (Å²) in [5.74, 6) is 0.917. The summed E-state index contributed by atoms with van der Waals surface area (Å²) < 4.78 is 13.9. The number of rotatable bonds is 8. The van der Waals surface area contributed by atoms with E-state index in [1.165, 1.54) is 0 Å². The summed E-state index contributed by atoms with van der Waals surface area (Å²) in [7, 11) is 0. The smallest absolute Gasteiger partial charge is 0.235 e. The summed E-state index contributed by atoms with van der Waals surface area (Å²) in [6.07, 6.45) is 0.518. The minimum Gasteiger partial charge on any atom is -0.486 e. The number of nitrogens with two attached hydrogens (primary N) is 1. The zero-order chi connectivity index (χ0) is 19.2.